The van der Waals surface area contributed by atoms with Gasteiger partial charge in [0.15, 0.2) is 0 Å². The monoisotopic (exact) mass is 294 g/mol. The summed E-state index contributed by atoms with van der Waals surface area (Å²) in [7, 11) is -1.55. The normalized spacial score (nSPS) is 15.0. The highest BCUT2D eigenvalue weighted by Crippen LogP contribution is 2.37. The van der Waals surface area contributed by atoms with Crippen LogP contribution < -0.4 is 10.4 Å². The van der Waals surface area contributed by atoms with E-state index in [0.29, 0.717) is 0 Å². The first-order valence-electron chi connectivity index (χ1n) is 7.90. The minimum absolute atomic E-state index is 1.45. The van der Waals surface area contributed by atoms with E-state index in [2.05, 4.69) is 66.8 Å². The molecule has 0 unspecified atom stereocenters. The third-order valence-electron chi connectivity index (χ3n) is 5.92. The van der Waals surface area contributed by atoms with Gasteiger partial charge in [0, 0.05) is 0 Å². The molecule has 0 nitrogen and oxygen atoms in total. The van der Waals surface area contributed by atoms with Gasteiger partial charge in [-0.25, -0.2) is 0 Å². The number of hydrogen-bond donors (Lipinski definition) is 0. The van der Waals surface area contributed by atoms with E-state index in [-0.39, 0.29) is 0 Å². The molecular weight excluding hydrogens is 268 g/mol. The van der Waals surface area contributed by atoms with Gasteiger partial charge in [-0.2, -0.15) is 0 Å². The fourth-order valence-corrected chi connectivity index (χ4v) is 7.26. The molecule has 0 atom stereocenters. The number of rotatable bonds is 0. The van der Waals surface area contributed by atoms with Gasteiger partial charge in [-0.3, -0.25) is 0 Å². The Labute approximate surface area is 130 Å². The van der Waals surface area contributed by atoms with Crippen LogP contribution in [0, 0.1) is 41.5 Å². The van der Waals surface area contributed by atoms with Crippen LogP contribution in [0.15, 0.2) is 12.1 Å². The second kappa shape index (κ2) is 4.33. The summed E-state index contributed by atoms with van der Waals surface area (Å²) in [6, 6.07) is 4.96. The smallest absolute Gasteiger partial charge is 0.0616 e. The molecule has 1 heterocycles. The molecule has 0 fully saturated rings. The SMILES string of the molecule is Cc1cc2c(c(C)c1C)-c1c(cc(C)c(C)c1C)[Si]2(C)C. The Balaban J connectivity index is 2.53. The summed E-state index contributed by atoms with van der Waals surface area (Å²) < 4.78 is 0. The van der Waals surface area contributed by atoms with E-state index in [1.165, 1.54) is 33.4 Å². The lowest BCUT2D eigenvalue weighted by Crippen LogP contribution is -2.49. The van der Waals surface area contributed by atoms with E-state index < -0.39 is 8.07 Å². The zero-order valence-electron chi connectivity index (χ0n) is 14.7. The van der Waals surface area contributed by atoms with Crippen LogP contribution in [0.4, 0.5) is 0 Å². The maximum Gasteiger partial charge on any atom is 0.113 e. The Bertz CT molecular complexity index is 714. The molecule has 0 spiro atoms. The summed E-state index contributed by atoms with van der Waals surface area (Å²) >= 11 is 0. The van der Waals surface area contributed by atoms with Gasteiger partial charge in [0.1, 0.15) is 8.07 Å². The third-order valence-corrected chi connectivity index (χ3v) is 9.40. The summed E-state index contributed by atoms with van der Waals surface area (Å²) in [6.07, 6.45) is 0. The van der Waals surface area contributed by atoms with Crippen LogP contribution in [0.5, 0.6) is 0 Å². The average Bonchev–Trinajstić information content (AvgIpc) is 2.63. The van der Waals surface area contributed by atoms with Crippen molar-refractivity contribution in [2.75, 3.05) is 0 Å². The second-order valence-corrected chi connectivity index (χ2v) is 11.7. The molecule has 0 saturated heterocycles. The first kappa shape index (κ1) is 14.6. The van der Waals surface area contributed by atoms with Crippen LogP contribution in [0.3, 0.4) is 0 Å². The van der Waals surface area contributed by atoms with Crippen molar-refractivity contribution in [3.8, 4) is 11.1 Å². The van der Waals surface area contributed by atoms with Gasteiger partial charge in [0.05, 0.1) is 0 Å². The summed E-state index contributed by atoms with van der Waals surface area (Å²) in [6.45, 7) is 18.7. The highest BCUT2D eigenvalue weighted by molar-refractivity contribution is 7.04. The predicted molar refractivity (Wildman–Crippen MR) is 97.1 cm³/mol. The zero-order valence-corrected chi connectivity index (χ0v) is 15.7. The molecule has 3 rings (SSSR count). The second-order valence-electron chi connectivity index (χ2n) is 7.36. The molecule has 2 aromatic carbocycles. The Kier molecular flexibility index (Phi) is 3.01. The van der Waals surface area contributed by atoms with Crippen LogP contribution >= 0.6 is 0 Å². The van der Waals surface area contributed by atoms with Crippen LogP contribution in [-0.2, 0) is 0 Å². The predicted octanol–water partition coefficient (Wildman–Crippen LogP) is 4.34. The van der Waals surface area contributed by atoms with E-state index in [0.717, 1.165) is 0 Å². The Morgan fingerprint density at radius 2 is 0.905 bits per heavy atom. The van der Waals surface area contributed by atoms with Crippen molar-refractivity contribution >= 4 is 18.4 Å². The molecule has 21 heavy (non-hydrogen) atoms. The number of fused-ring (bicyclic) bond motifs is 3. The molecule has 0 aliphatic carbocycles. The minimum Gasteiger partial charge on any atom is -0.0616 e. The molecule has 0 saturated carbocycles. The molecule has 0 aromatic heterocycles. The van der Waals surface area contributed by atoms with Crippen LogP contribution in [0.2, 0.25) is 13.1 Å². The van der Waals surface area contributed by atoms with Crippen molar-refractivity contribution in [1.82, 2.24) is 0 Å². The van der Waals surface area contributed by atoms with Crippen molar-refractivity contribution < 1.29 is 0 Å². The van der Waals surface area contributed by atoms with Crippen LogP contribution in [0.25, 0.3) is 11.1 Å². The van der Waals surface area contributed by atoms with Crippen molar-refractivity contribution in [3.05, 3.63) is 45.5 Å². The van der Waals surface area contributed by atoms with Gasteiger partial charge >= 0.3 is 0 Å². The van der Waals surface area contributed by atoms with Gasteiger partial charge in [0.2, 0.25) is 0 Å². The maximum atomic E-state index is 2.51. The molecule has 2 aromatic rings. The zero-order chi connectivity index (χ0) is 15.7. The lowest BCUT2D eigenvalue weighted by Gasteiger charge is -2.21. The average molecular weight is 295 g/mol. The molecule has 0 bridgehead atoms. The largest absolute Gasteiger partial charge is 0.113 e. The van der Waals surface area contributed by atoms with Gasteiger partial charge in [-0.05, 0) is 96.4 Å². The first-order valence-corrected chi connectivity index (χ1v) is 10.9. The van der Waals surface area contributed by atoms with Gasteiger partial charge < -0.3 is 0 Å². The van der Waals surface area contributed by atoms with Gasteiger partial charge in [-0.1, -0.05) is 25.2 Å². The quantitative estimate of drug-likeness (QED) is 0.634. The summed E-state index contributed by atoms with van der Waals surface area (Å²) in [5.74, 6) is 0. The number of benzene rings is 2. The van der Waals surface area contributed by atoms with Crippen molar-refractivity contribution in [2.24, 2.45) is 0 Å². The number of aryl methyl sites for hydroxylation is 2. The standard InChI is InChI=1S/C20H26Si/c1-11-9-17-19(15(5)13(11)3)20-16(6)14(4)12(2)10-18(20)21(17,7)8/h9-10H,1-8H3. The Morgan fingerprint density at radius 3 is 1.24 bits per heavy atom. The van der Waals surface area contributed by atoms with Crippen molar-refractivity contribution in [1.29, 1.82) is 0 Å². The molecule has 0 radical (unpaired) electrons. The third kappa shape index (κ3) is 1.73. The molecule has 1 heteroatoms. The van der Waals surface area contributed by atoms with E-state index in [9.17, 15) is 0 Å². The fraction of sp³-hybridized carbons (Fsp3) is 0.400. The molecule has 1 aliphatic rings. The Morgan fingerprint density at radius 1 is 0.571 bits per heavy atom. The van der Waals surface area contributed by atoms with Gasteiger partial charge in [0.25, 0.3) is 0 Å². The molecule has 1 aliphatic heterocycles. The van der Waals surface area contributed by atoms with Crippen molar-refractivity contribution in [3.63, 3.8) is 0 Å². The van der Waals surface area contributed by atoms with Gasteiger partial charge in [-0.15, -0.1) is 0 Å². The first-order chi connectivity index (χ1) is 9.67. The van der Waals surface area contributed by atoms with E-state index in [4.69, 9.17) is 0 Å². The van der Waals surface area contributed by atoms with E-state index >= 15 is 0 Å². The highest BCUT2D eigenvalue weighted by Gasteiger charge is 2.40. The van der Waals surface area contributed by atoms with Crippen molar-refractivity contribution in [2.45, 2.75) is 54.6 Å². The maximum absolute atomic E-state index is 2.51. The molecule has 110 valence electrons. The summed E-state index contributed by atoms with van der Waals surface area (Å²) in [4.78, 5) is 0. The Hall–Kier alpha value is -1.34. The molecular formula is C20H26Si. The summed E-state index contributed by atoms with van der Waals surface area (Å²) in [5, 5.41) is 3.29. The topological polar surface area (TPSA) is 0 Å². The molecule has 0 N–H and O–H groups in total. The molecule has 0 amide bonds. The van der Waals surface area contributed by atoms with Crippen LogP contribution in [-0.4, -0.2) is 8.07 Å². The van der Waals surface area contributed by atoms with E-state index in [1.807, 2.05) is 0 Å². The van der Waals surface area contributed by atoms with E-state index in [1.54, 1.807) is 21.5 Å². The fourth-order valence-electron chi connectivity index (χ4n) is 3.94. The highest BCUT2D eigenvalue weighted by atomic mass is 28.3. The summed E-state index contributed by atoms with van der Waals surface area (Å²) in [5.41, 5.74) is 11.9. The lowest BCUT2D eigenvalue weighted by atomic mass is 9.89. The lowest BCUT2D eigenvalue weighted by molar-refractivity contribution is 1.26. The number of hydrogen-bond acceptors (Lipinski definition) is 0. The van der Waals surface area contributed by atoms with Crippen LogP contribution in [0.1, 0.15) is 33.4 Å². The minimum atomic E-state index is -1.55.